The highest BCUT2D eigenvalue weighted by Crippen LogP contribution is 2.34. The molecule has 0 saturated heterocycles. The van der Waals surface area contributed by atoms with Gasteiger partial charge in [-0.1, -0.05) is 103 Å². The number of fused-ring (bicyclic) bond motifs is 3. The molecule has 208 valence electrons. The molecule has 0 atom stereocenters. The molecule has 4 heteroatoms. The summed E-state index contributed by atoms with van der Waals surface area (Å²) in [6.45, 7) is 2.10. The van der Waals surface area contributed by atoms with Crippen LogP contribution in [0.25, 0.3) is 72.7 Å². The smallest absolute Gasteiger partial charge is 0.160 e. The van der Waals surface area contributed by atoms with Gasteiger partial charge < -0.3 is 4.57 Å². The van der Waals surface area contributed by atoms with Crippen molar-refractivity contribution in [1.29, 1.82) is 0 Å². The Balaban J connectivity index is 1.23. The maximum Gasteiger partial charge on any atom is 0.160 e. The van der Waals surface area contributed by atoms with E-state index in [4.69, 9.17) is 9.97 Å². The highest BCUT2D eigenvalue weighted by atomic mass is 15.0. The van der Waals surface area contributed by atoms with Gasteiger partial charge >= 0.3 is 0 Å². The topological polar surface area (TPSA) is 43.6 Å². The third-order valence-corrected chi connectivity index (χ3v) is 8.25. The molecule has 0 amide bonds. The SMILES string of the molecule is Cc1ccccc1-c1nc(-c2ccc(-c3ccccn3)cc2)cc(-c2ccc(-n3c4ccccc4c4ccccc43)cc2)n1. The average molecular weight is 565 g/mol. The van der Waals surface area contributed by atoms with Crippen molar-refractivity contribution in [1.82, 2.24) is 19.5 Å². The van der Waals surface area contributed by atoms with Crippen LogP contribution in [0.4, 0.5) is 0 Å². The van der Waals surface area contributed by atoms with Gasteiger partial charge in [-0.25, -0.2) is 9.97 Å². The van der Waals surface area contributed by atoms with Gasteiger partial charge in [-0.05, 0) is 55.0 Å². The number of rotatable bonds is 5. The van der Waals surface area contributed by atoms with Gasteiger partial charge in [0, 0.05) is 44.9 Å². The molecule has 0 N–H and O–H groups in total. The number of benzene rings is 5. The molecule has 8 rings (SSSR count). The predicted octanol–water partition coefficient (Wildman–Crippen LogP) is 9.95. The maximum atomic E-state index is 5.09. The predicted molar refractivity (Wildman–Crippen MR) is 181 cm³/mol. The van der Waals surface area contributed by atoms with Crippen molar-refractivity contribution < 1.29 is 0 Å². The van der Waals surface area contributed by atoms with Gasteiger partial charge in [0.05, 0.1) is 28.1 Å². The number of nitrogens with zero attached hydrogens (tertiary/aromatic N) is 4. The summed E-state index contributed by atoms with van der Waals surface area (Å²) in [5.41, 5.74) is 11.5. The van der Waals surface area contributed by atoms with E-state index in [9.17, 15) is 0 Å². The number of aryl methyl sites for hydroxylation is 1. The van der Waals surface area contributed by atoms with Gasteiger partial charge in [-0.3, -0.25) is 4.98 Å². The Labute approximate surface area is 256 Å². The zero-order valence-electron chi connectivity index (χ0n) is 24.2. The zero-order valence-corrected chi connectivity index (χ0v) is 24.2. The minimum absolute atomic E-state index is 0.718. The number of pyridine rings is 1. The first-order chi connectivity index (χ1) is 21.7. The molecular weight excluding hydrogens is 536 g/mol. The monoisotopic (exact) mass is 564 g/mol. The van der Waals surface area contributed by atoms with Crippen LogP contribution < -0.4 is 0 Å². The minimum Gasteiger partial charge on any atom is -0.309 e. The van der Waals surface area contributed by atoms with E-state index in [-0.39, 0.29) is 0 Å². The fourth-order valence-corrected chi connectivity index (χ4v) is 6.01. The average Bonchev–Trinajstić information content (AvgIpc) is 3.43. The Bertz CT molecular complexity index is 2210. The van der Waals surface area contributed by atoms with Crippen LogP contribution in [0, 0.1) is 6.92 Å². The number of aromatic nitrogens is 4. The molecular formula is C40H28N4. The molecule has 0 saturated carbocycles. The van der Waals surface area contributed by atoms with Crippen molar-refractivity contribution in [2.75, 3.05) is 0 Å². The van der Waals surface area contributed by atoms with Gasteiger partial charge in [-0.2, -0.15) is 0 Å². The summed E-state index contributed by atoms with van der Waals surface area (Å²) >= 11 is 0. The first-order valence-electron chi connectivity index (χ1n) is 14.8. The van der Waals surface area contributed by atoms with Crippen molar-refractivity contribution >= 4 is 21.8 Å². The molecule has 3 heterocycles. The van der Waals surface area contributed by atoms with Crippen LogP contribution in [0.3, 0.4) is 0 Å². The second kappa shape index (κ2) is 10.8. The first kappa shape index (κ1) is 25.8. The van der Waals surface area contributed by atoms with Crippen LogP contribution in [0.1, 0.15) is 5.56 Å². The van der Waals surface area contributed by atoms with Crippen molar-refractivity contribution in [3.63, 3.8) is 0 Å². The zero-order chi connectivity index (χ0) is 29.5. The van der Waals surface area contributed by atoms with E-state index in [1.807, 2.05) is 36.5 Å². The van der Waals surface area contributed by atoms with Gasteiger partial charge in [0.2, 0.25) is 0 Å². The molecule has 4 nitrogen and oxygen atoms in total. The molecule has 0 spiro atoms. The third-order valence-electron chi connectivity index (χ3n) is 8.25. The fourth-order valence-electron chi connectivity index (χ4n) is 6.01. The van der Waals surface area contributed by atoms with Crippen LogP contribution in [-0.4, -0.2) is 19.5 Å². The molecule has 0 radical (unpaired) electrons. The molecule has 0 aliphatic carbocycles. The Morgan fingerprint density at radius 1 is 0.477 bits per heavy atom. The Morgan fingerprint density at radius 2 is 1.00 bits per heavy atom. The summed E-state index contributed by atoms with van der Waals surface area (Å²) < 4.78 is 2.34. The van der Waals surface area contributed by atoms with Crippen LogP contribution in [-0.2, 0) is 0 Å². The van der Waals surface area contributed by atoms with E-state index < -0.39 is 0 Å². The Hall–Kier alpha value is -5.87. The number of para-hydroxylation sites is 2. The highest BCUT2D eigenvalue weighted by Gasteiger charge is 2.14. The lowest BCUT2D eigenvalue weighted by Gasteiger charge is -2.12. The molecule has 0 fully saturated rings. The summed E-state index contributed by atoms with van der Waals surface area (Å²) in [4.78, 5) is 14.6. The first-order valence-corrected chi connectivity index (χ1v) is 14.8. The van der Waals surface area contributed by atoms with E-state index in [1.165, 1.54) is 21.8 Å². The molecule has 5 aromatic carbocycles. The lowest BCUT2D eigenvalue weighted by molar-refractivity contribution is 1.16. The van der Waals surface area contributed by atoms with Crippen molar-refractivity contribution in [3.8, 4) is 50.8 Å². The standard InChI is InChI=1S/C40H28N4/c1-27-10-2-3-11-32(27)40-42-36(29-19-17-28(18-20-29)35-14-8-9-25-41-35)26-37(43-40)30-21-23-31(24-22-30)44-38-15-6-4-12-33(38)34-13-5-7-16-39(34)44/h2-26H,1H3. The lowest BCUT2D eigenvalue weighted by Crippen LogP contribution is -1.98. The van der Waals surface area contributed by atoms with Crippen LogP contribution in [0.15, 0.2) is 152 Å². The second-order valence-electron chi connectivity index (χ2n) is 11.0. The third kappa shape index (κ3) is 4.54. The summed E-state index contributed by atoms with van der Waals surface area (Å²) in [7, 11) is 0. The molecule has 0 unspecified atom stereocenters. The lowest BCUT2D eigenvalue weighted by atomic mass is 10.0. The van der Waals surface area contributed by atoms with E-state index in [0.29, 0.717) is 0 Å². The van der Waals surface area contributed by atoms with Crippen LogP contribution in [0.5, 0.6) is 0 Å². The van der Waals surface area contributed by atoms with Gasteiger partial charge in [0.25, 0.3) is 0 Å². The molecule has 8 aromatic rings. The minimum atomic E-state index is 0.718. The van der Waals surface area contributed by atoms with Crippen molar-refractivity contribution in [2.45, 2.75) is 6.92 Å². The molecule has 44 heavy (non-hydrogen) atoms. The fraction of sp³-hybridized carbons (Fsp3) is 0.0250. The molecule has 3 aromatic heterocycles. The molecule has 0 aliphatic rings. The van der Waals surface area contributed by atoms with Crippen molar-refractivity contribution in [2.24, 2.45) is 0 Å². The van der Waals surface area contributed by atoms with Crippen LogP contribution in [0.2, 0.25) is 0 Å². The largest absolute Gasteiger partial charge is 0.309 e. The normalized spacial score (nSPS) is 11.3. The summed E-state index contributed by atoms with van der Waals surface area (Å²) in [6.07, 6.45) is 1.82. The summed E-state index contributed by atoms with van der Waals surface area (Å²) in [5.74, 6) is 0.718. The Kier molecular flexibility index (Phi) is 6.31. The second-order valence-corrected chi connectivity index (χ2v) is 11.0. The Morgan fingerprint density at radius 3 is 1.59 bits per heavy atom. The van der Waals surface area contributed by atoms with E-state index in [2.05, 4.69) is 132 Å². The van der Waals surface area contributed by atoms with Gasteiger partial charge in [0.1, 0.15) is 0 Å². The number of hydrogen-bond donors (Lipinski definition) is 0. The van der Waals surface area contributed by atoms with Crippen LogP contribution >= 0.6 is 0 Å². The maximum absolute atomic E-state index is 5.09. The van der Waals surface area contributed by atoms with E-state index >= 15 is 0 Å². The van der Waals surface area contributed by atoms with E-state index in [0.717, 1.165) is 56.4 Å². The quantitative estimate of drug-likeness (QED) is 0.209. The van der Waals surface area contributed by atoms with Gasteiger partial charge in [-0.15, -0.1) is 0 Å². The molecule has 0 aliphatic heterocycles. The molecule has 0 bridgehead atoms. The highest BCUT2D eigenvalue weighted by molar-refractivity contribution is 6.09. The van der Waals surface area contributed by atoms with Crippen molar-refractivity contribution in [3.05, 3.63) is 157 Å². The summed E-state index contributed by atoms with van der Waals surface area (Å²) in [5, 5.41) is 2.51. The van der Waals surface area contributed by atoms with E-state index in [1.54, 1.807) is 0 Å². The number of hydrogen-bond acceptors (Lipinski definition) is 3. The van der Waals surface area contributed by atoms with Gasteiger partial charge in [0.15, 0.2) is 5.82 Å². The summed E-state index contributed by atoms with van der Waals surface area (Å²) in [6, 6.07) is 50.7.